The summed E-state index contributed by atoms with van der Waals surface area (Å²) in [5.74, 6) is 1.41. The largest absolute Gasteiger partial charge is 0.486 e. The normalized spacial score (nSPS) is 11.8. The summed E-state index contributed by atoms with van der Waals surface area (Å²) in [4.78, 5) is 20.5. The molecule has 2 heterocycles. The van der Waals surface area contributed by atoms with Crippen molar-refractivity contribution in [1.82, 2.24) is 19.9 Å². The number of nitrogens with zero attached hydrogens (tertiary/aromatic N) is 3. The Kier molecular flexibility index (Phi) is 5.09. The van der Waals surface area contributed by atoms with Crippen LogP contribution in [0.2, 0.25) is 0 Å². The van der Waals surface area contributed by atoms with Crippen LogP contribution in [-0.2, 0) is 13.7 Å². The highest BCUT2D eigenvalue weighted by Gasteiger charge is 2.11. The summed E-state index contributed by atoms with van der Waals surface area (Å²) in [6, 6.07) is 10.8. The molecule has 0 saturated heterocycles. The van der Waals surface area contributed by atoms with Crippen molar-refractivity contribution in [2.45, 2.75) is 19.6 Å². The van der Waals surface area contributed by atoms with Crippen molar-refractivity contribution in [2.24, 2.45) is 7.05 Å². The first-order valence-electron chi connectivity index (χ1n) is 8.03. The SMILES string of the molecule is CC(NC(=O)c1ccc(OCc2nccn2C)cc1)c1ccncc1. The van der Waals surface area contributed by atoms with E-state index >= 15 is 0 Å². The molecule has 1 aromatic carbocycles. The number of aromatic nitrogens is 3. The lowest BCUT2D eigenvalue weighted by molar-refractivity contribution is 0.0940. The number of hydrogen-bond donors (Lipinski definition) is 1. The Labute approximate surface area is 146 Å². The van der Waals surface area contributed by atoms with E-state index in [1.54, 1.807) is 42.9 Å². The molecule has 3 aromatic rings. The van der Waals surface area contributed by atoms with Gasteiger partial charge in [0.15, 0.2) is 0 Å². The van der Waals surface area contributed by atoms with Crippen LogP contribution in [0.25, 0.3) is 0 Å². The van der Waals surface area contributed by atoms with Crippen molar-refractivity contribution in [1.29, 1.82) is 0 Å². The molecule has 0 aliphatic heterocycles. The molecule has 0 fully saturated rings. The summed E-state index contributed by atoms with van der Waals surface area (Å²) < 4.78 is 7.60. The molecular weight excluding hydrogens is 316 g/mol. The van der Waals surface area contributed by atoms with Crippen LogP contribution in [0.15, 0.2) is 61.2 Å². The maximum absolute atomic E-state index is 12.3. The molecule has 0 radical (unpaired) electrons. The highest BCUT2D eigenvalue weighted by molar-refractivity contribution is 5.94. The predicted molar refractivity (Wildman–Crippen MR) is 94.1 cm³/mol. The molecule has 1 amide bonds. The van der Waals surface area contributed by atoms with Gasteiger partial charge in [0.2, 0.25) is 0 Å². The lowest BCUT2D eigenvalue weighted by Gasteiger charge is -2.14. The van der Waals surface area contributed by atoms with Crippen molar-refractivity contribution in [3.63, 3.8) is 0 Å². The zero-order valence-electron chi connectivity index (χ0n) is 14.2. The minimum absolute atomic E-state index is 0.0881. The summed E-state index contributed by atoms with van der Waals surface area (Å²) in [6.07, 6.45) is 7.03. The maximum Gasteiger partial charge on any atom is 0.251 e. The predicted octanol–water partition coefficient (Wildman–Crippen LogP) is 2.89. The summed E-state index contributed by atoms with van der Waals surface area (Å²) in [7, 11) is 1.92. The van der Waals surface area contributed by atoms with Crippen LogP contribution in [0.1, 0.15) is 34.7 Å². The smallest absolute Gasteiger partial charge is 0.251 e. The van der Waals surface area contributed by atoms with Gasteiger partial charge in [-0.3, -0.25) is 9.78 Å². The molecule has 6 nitrogen and oxygen atoms in total. The first kappa shape index (κ1) is 16.7. The number of carbonyl (C=O) groups excluding carboxylic acids is 1. The molecule has 2 aromatic heterocycles. The number of pyridine rings is 1. The van der Waals surface area contributed by atoms with E-state index in [1.165, 1.54) is 0 Å². The Morgan fingerprint density at radius 3 is 2.52 bits per heavy atom. The zero-order chi connectivity index (χ0) is 17.6. The molecule has 1 atom stereocenters. The molecule has 1 N–H and O–H groups in total. The van der Waals surface area contributed by atoms with E-state index in [4.69, 9.17) is 4.74 Å². The van der Waals surface area contributed by atoms with Crippen LogP contribution < -0.4 is 10.1 Å². The van der Waals surface area contributed by atoms with Crippen molar-refractivity contribution in [3.05, 3.63) is 78.1 Å². The van der Waals surface area contributed by atoms with Gasteiger partial charge in [-0.1, -0.05) is 0 Å². The van der Waals surface area contributed by atoms with E-state index in [0.29, 0.717) is 17.9 Å². The van der Waals surface area contributed by atoms with Gasteiger partial charge in [-0.2, -0.15) is 0 Å². The minimum atomic E-state index is -0.125. The third-order valence-electron chi connectivity index (χ3n) is 3.96. The van der Waals surface area contributed by atoms with Gasteiger partial charge < -0.3 is 14.6 Å². The summed E-state index contributed by atoms with van der Waals surface area (Å²) in [5.41, 5.74) is 1.60. The third kappa shape index (κ3) is 4.23. The highest BCUT2D eigenvalue weighted by Crippen LogP contribution is 2.16. The Hall–Kier alpha value is -3.15. The number of hydrogen-bond acceptors (Lipinski definition) is 4. The van der Waals surface area contributed by atoms with Crippen LogP contribution in [0.4, 0.5) is 0 Å². The number of carbonyl (C=O) groups is 1. The molecule has 6 heteroatoms. The van der Waals surface area contributed by atoms with Crippen LogP contribution >= 0.6 is 0 Å². The third-order valence-corrected chi connectivity index (χ3v) is 3.96. The average molecular weight is 336 g/mol. The molecule has 0 aliphatic carbocycles. The van der Waals surface area contributed by atoms with Crippen molar-refractivity contribution in [3.8, 4) is 5.75 Å². The fourth-order valence-corrected chi connectivity index (χ4v) is 2.40. The van der Waals surface area contributed by atoms with Crippen molar-refractivity contribution in [2.75, 3.05) is 0 Å². The Morgan fingerprint density at radius 1 is 1.16 bits per heavy atom. The second-order valence-corrected chi connectivity index (χ2v) is 5.74. The topological polar surface area (TPSA) is 69.0 Å². The number of amides is 1. The monoisotopic (exact) mass is 336 g/mol. The van der Waals surface area contributed by atoms with Gasteiger partial charge in [0.25, 0.3) is 5.91 Å². The van der Waals surface area contributed by atoms with Gasteiger partial charge in [-0.05, 0) is 48.9 Å². The second-order valence-electron chi connectivity index (χ2n) is 5.74. The second kappa shape index (κ2) is 7.61. The van der Waals surface area contributed by atoms with Crippen LogP contribution in [-0.4, -0.2) is 20.4 Å². The van der Waals surface area contributed by atoms with E-state index in [-0.39, 0.29) is 11.9 Å². The molecule has 0 saturated carbocycles. The van der Waals surface area contributed by atoms with Gasteiger partial charge in [-0.15, -0.1) is 0 Å². The summed E-state index contributed by atoms with van der Waals surface area (Å²) in [6.45, 7) is 2.33. The Balaban J connectivity index is 1.58. The van der Waals surface area contributed by atoms with Crippen LogP contribution in [0.5, 0.6) is 5.75 Å². The molecule has 3 rings (SSSR count). The van der Waals surface area contributed by atoms with Crippen LogP contribution in [0.3, 0.4) is 0 Å². The molecule has 1 unspecified atom stereocenters. The number of imidazole rings is 1. The van der Waals surface area contributed by atoms with Gasteiger partial charge in [0.1, 0.15) is 18.2 Å². The summed E-state index contributed by atoms with van der Waals surface area (Å²) in [5, 5.41) is 2.97. The van der Waals surface area contributed by atoms with E-state index in [9.17, 15) is 4.79 Å². The lowest BCUT2D eigenvalue weighted by atomic mass is 10.1. The number of benzene rings is 1. The van der Waals surface area contributed by atoms with E-state index in [1.807, 2.05) is 36.9 Å². The zero-order valence-corrected chi connectivity index (χ0v) is 14.2. The number of nitrogens with one attached hydrogen (secondary N) is 1. The fraction of sp³-hybridized carbons (Fsp3) is 0.211. The summed E-state index contributed by atoms with van der Waals surface area (Å²) >= 11 is 0. The quantitative estimate of drug-likeness (QED) is 0.751. The maximum atomic E-state index is 12.3. The average Bonchev–Trinajstić information content (AvgIpc) is 3.06. The van der Waals surface area contributed by atoms with Gasteiger partial charge in [-0.25, -0.2) is 4.98 Å². The first-order valence-corrected chi connectivity index (χ1v) is 8.03. The van der Waals surface area contributed by atoms with E-state index in [2.05, 4.69) is 15.3 Å². The molecule has 0 bridgehead atoms. The number of rotatable bonds is 6. The number of aryl methyl sites for hydroxylation is 1. The molecule has 128 valence electrons. The molecule has 25 heavy (non-hydrogen) atoms. The van der Waals surface area contributed by atoms with Gasteiger partial charge >= 0.3 is 0 Å². The van der Waals surface area contributed by atoms with E-state index < -0.39 is 0 Å². The minimum Gasteiger partial charge on any atom is -0.486 e. The van der Waals surface area contributed by atoms with E-state index in [0.717, 1.165) is 11.4 Å². The molecular formula is C19H20N4O2. The van der Waals surface area contributed by atoms with Gasteiger partial charge in [0.05, 0.1) is 6.04 Å². The Morgan fingerprint density at radius 2 is 1.88 bits per heavy atom. The van der Waals surface area contributed by atoms with Crippen molar-refractivity contribution < 1.29 is 9.53 Å². The van der Waals surface area contributed by atoms with Crippen LogP contribution in [0, 0.1) is 0 Å². The number of ether oxygens (including phenoxy) is 1. The first-order chi connectivity index (χ1) is 12.1. The Bertz CT molecular complexity index is 828. The highest BCUT2D eigenvalue weighted by atomic mass is 16.5. The molecule has 0 aliphatic rings. The van der Waals surface area contributed by atoms with Crippen molar-refractivity contribution >= 4 is 5.91 Å². The standard InChI is InChI=1S/C19H20N4O2/c1-14(15-7-9-20-10-8-15)22-19(24)16-3-5-17(6-4-16)25-13-18-21-11-12-23(18)2/h3-12,14H,13H2,1-2H3,(H,22,24). The lowest BCUT2D eigenvalue weighted by Crippen LogP contribution is -2.26. The van der Waals surface area contributed by atoms with Gasteiger partial charge in [0, 0.05) is 37.4 Å². The fourth-order valence-electron chi connectivity index (χ4n) is 2.40. The molecule has 0 spiro atoms.